The lowest BCUT2D eigenvalue weighted by atomic mass is 10.0. The molecule has 1 aliphatic heterocycles. The van der Waals surface area contributed by atoms with Gasteiger partial charge in [-0.25, -0.2) is 4.98 Å². The highest BCUT2D eigenvalue weighted by atomic mass is 35.5. The van der Waals surface area contributed by atoms with Crippen LogP contribution in [0.15, 0.2) is 12.3 Å². The van der Waals surface area contributed by atoms with Crippen LogP contribution >= 0.6 is 23.2 Å². The lowest BCUT2D eigenvalue weighted by Crippen LogP contribution is -2.55. The number of halogens is 2. The van der Waals surface area contributed by atoms with Crippen LogP contribution in [0.4, 0.5) is 0 Å². The number of amides is 1. The molecule has 7 heteroatoms. The Labute approximate surface area is 127 Å². The predicted octanol–water partition coefficient (Wildman–Crippen LogP) is 2.00. The molecule has 2 heterocycles. The summed E-state index contributed by atoms with van der Waals surface area (Å²) in [7, 11) is 0. The second kappa shape index (κ2) is 5.85. The topological polar surface area (TPSA) is 62.7 Å². The van der Waals surface area contributed by atoms with Gasteiger partial charge < -0.3 is 14.7 Å². The number of carbonyl (C=O) groups excluding carboxylic acids is 1. The Hall–Kier alpha value is -0.880. The molecule has 1 unspecified atom stereocenters. The van der Waals surface area contributed by atoms with E-state index in [2.05, 4.69) is 4.98 Å². The number of hydrogen-bond acceptors (Lipinski definition) is 4. The van der Waals surface area contributed by atoms with Crippen molar-refractivity contribution in [3.63, 3.8) is 0 Å². The fraction of sp³-hybridized carbons (Fsp3) is 0.538. The van der Waals surface area contributed by atoms with Crippen LogP contribution in [0.1, 0.15) is 24.2 Å². The minimum absolute atomic E-state index is 0.141. The van der Waals surface area contributed by atoms with Crippen LogP contribution in [0, 0.1) is 0 Å². The van der Waals surface area contributed by atoms with E-state index >= 15 is 0 Å². The molecule has 0 saturated carbocycles. The zero-order valence-electron chi connectivity index (χ0n) is 11.3. The number of rotatable bonds is 2. The first kappa shape index (κ1) is 15.5. The lowest BCUT2D eigenvalue weighted by Gasteiger charge is -2.42. The first-order valence-electron chi connectivity index (χ1n) is 6.21. The molecule has 0 bridgehead atoms. The van der Waals surface area contributed by atoms with E-state index in [4.69, 9.17) is 27.9 Å². The molecular formula is C13H16Cl2N2O3. The summed E-state index contributed by atoms with van der Waals surface area (Å²) in [5, 5.41) is 9.74. The van der Waals surface area contributed by atoms with Gasteiger partial charge in [0.25, 0.3) is 5.91 Å². The summed E-state index contributed by atoms with van der Waals surface area (Å²) in [6.07, 6.45) is 0.950. The van der Waals surface area contributed by atoms with Crippen molar-refractivity contribution in [3.05, 3.63) is 28.0 Å². The van der Waals surface area contributed by atoms with E-state index in [1.807, 2.05) is 13.8 Å². The van der Waals surface area contributed by atoms with E-state index in [0.29, 0.717) is 18.7 Å². The number of aliphatic hydroxyl groups is 1. The fourth-order valence-corrected chi connectivity index (χ4v) is 2.63. The van der Waals surface area contributed by atoms with Crippen molar-refractivity contribution in [2.45, 2.75) is 25.6 Å². The molecule has 0 radical (unpaired) electrons. The standard InChI is InChI=1S/C13H16Cl2N2O3/c1-13(2)7-17(5-8(6-18)20-13)12(19)9-3-11(15)16-4-10(9)14/h3-4,8,18H,5-7H2,1-2H3. The predicted molar refractivity (Wildman–Crippen MR) is 76.2 cm³/mol. The molecule has 1 fully saturated rings. The monoisotopic (exact) mass is 318 g/mol. The molecule has 1 aromatic rings. The minimum Gasteiger partial charge on any atom is -0.394 e. The Morgan fingerprint density at radius 2 is 2.30 bits per heavy atom. The lowest BCUT2D eigenvalue weighted by molar-refractivity contribution is -0.139. The van der Waals surface area contributed by atoms with Gasteiger partial charge in [0.15, 0.2) is 0 Å². The highest BCUT2D eigenvalue weighted by molar-refractivity contribution is 6.35. The largest absolute Gasteiger partial charge is 0.394 e. The van der Waals surface area contributed by atoms with Gasteiger partial charge >= 0.3 is 0 Å². The van der Waals surface area contributed by atoms with Crippen molar-refractivity contribution in [3.8, 4) is 0 Å². The quantitative estimate of drug-likeness (QED) is 0.847. The summed E-state index contributed by atoms with van der Waals surface area (Å²) in [5.74, 6) is -0.242. The zero-order chi connectivity index (χ0) is 14.9. The van der Waals surface area contributed by atoms with Crippen LogP contribution in [0.2, 0.25) is 10.2 Å². The smallest absolute Gasteiger partial charge is 0.255 e. The Morgan fingerprint density at radius 3 is 2.95 bits per heavy atom. The summed E-state index contributed by atoms with van der Waals surface area (Å²) in [6, 6.07) is 1.45. The van der Waals surface area contributed by atoms with Gasteiger partial charge in [-0.15, -0.1) is 0 Å². The first-order valence-corrected chi connectivity index (χ1v) is 6.97. The Bertz CT molecular complexity index is 522. The third kappa shape index (κ3) is 3.41. The number of carbonyl (C=O) groups is 1. The second-order valence-corrected chi connectivity index (χ2v) is 6.15. The molecule has 110 valence electrons. The molecule has 2 rings (SSSR count). The summed E-state index contributed by atoms with van der Waals surface area (Å²) < 4.78 is 5.68. The SMILES string of the molecule is CC1(C)CN(C(=O)c2cc(Cl)ncc2Cl)CC(CO)O1. The average Bonchev–Trinajstić information content (AvgIpc) is 2.38. The van der Waals surface area contributed by atoms with E-state index in [-0.39, 0.29) is 22.7 Å². The van der Waals surface area contributed by atoms with Gasteiger partial charge in [0, 0.05) is 19.3 Å². The minimum atomic E-state index is -0.523. The van der Waals surface area contributed by atoms with Gasteiger partial charge in [0.05, 0.1) is 28.9 Å². The molecule has 1 amide bonds. The third-order valence-electron chi connectivity index (χ3n) is 3.02. The molecule has 0 aliphatic carbocycles. The van der Waals surface area contributed by atoms with Gasteiger partial charge in [0.2, 0.25) is 0 Å². The first-order chi connectivity index (χ1) is 9.32. The van der Waals surface area contributed by atoms with Crippen molar-refractivity contribution in [2.75, 3.05) is 19.7 Å². The summed E-state index contributed by atoms with van der Waals surface area (Å²) in [4.78, 5) is 18.0. The molecule has 1 saturated heterocycles. The van der Waals surface area contributed by atoms with Gasteiger partial charge in [-0.2, -0.15) is 0 Å². The van der Waals surface area contributed by atoms with E-state index < -0.39 is 11.7 Å². The van der Waals surface area contributed by atoms with Crippen molar-refractivity contribution in [1.29, 1.82) is 0 Å². The Kier molecular flexibility index (Phi) is 4.54. The van der Waals surface area contributed by atoms with Crippen LogP contribution in [0.5, 0.6) is 0 Å². The molecule has 5 nitrogen and oxygen atoms in total. The normalized spacial score (nSPS) is 21.9. The second-order valence-electron chi connectivity index (χ2n) is 5.35. The molecule has 1 aromatic heterocycles. The molecule has 0 spiro atoms. The maximum atomic E-state index is 12.5. The number of nitrogens with zero attached hydrogens (tertiary/aromatic N) is 2. The van der Waals surface area contributed by atoms with Crippen LogP contribution in [0.3, 0.4) is 0 Å². The van der Waals surface area contributed by atoms with E-state index in [9.17, 15) is 9.90 Å². The molecular weight excluding hydrogens is 303 g/mol. The molecule has 0 aromatic carbocycles. The number of morpholine rings is 1. The van der Waals surface area contributed by atoms with E-state index in [1.54, 1.807) is 4.90 Å². The van der Waals surface area contributed by atoms with Crippen LogP contribution in [0.25, 0.3) is 0 Å². The van der Waals surface area contributed by atoms with Gasteiger partial charge in [0.1, 0.15) is 5.15 Å². The van der Waals surface area contributed by atoms with Crippen molar-refractivity contribution >= 4 is 29.1 Å². The number of pyridine rings is 1. The van der Waals surface area contributed by atoms with Crippen LogP contribution in [-0.2, 0) is 4.74 Å². The Balaban J connectivity index is 2.25. The highest BCUT2D eigenvalue weighted by Crippen LogP contribution is 2.25. The van der Waals surface area contributed by atoms with Crippen LogP contribution in [-0.4, -0.2) is 52.3 Å². The highest BCUT2D eigenvalue weighted by Gasteiger charge is 2.36. The average molecular weight is 319 g/mol. The van der Waals surface area contributed by atoms with Gasteiger partial charge in [-0.1, -0.05) is 23.2 Å². The summed E-state index contributed by atoms with van der Waals surface area (Å²) >= 11 is 11.8. The number of ether oxygens (including phenoxy) is 1. The maximum absolute atomic E-state index is 12.5. The van der Waals surface area contributed by atoms with Gasteiger partial charge in [-0.3, -0.25) is 4.79 Å². The zero-order valence-corrected chi connectivity index (χ0v) is 12.8. The summed E-state index contributed by atoms with van der Waals surface area (Å²) in [5.41, 5.74) is -0.217. The van der Waals surface area contributed by atoms with E-state index in [0.717, 1.165) is 0 Å². The number of aromatic nitrogens is 1. The fourth-order valence-electron chi connectivity index (χ4n) is 2.29. The summed E-state index contributed by atoms with van der Waals surface area (Å²) in [6.45, 7) is 4.33. The molecule has 1 N–H and O–H groups in total. The van der Waals surface area contributed by atoms with Crippen molar-refractivity contribution in [1.82, 2.24) is 9.88 Å². The number of aliphatic hydroxyl groups excluding tert-OH is 1. The third-order valence-corrected chi connectivity index (χ3v) is 3.53. The van der Waals surface area contributed by atoms with Crippen molar-refractivity contribution in [2.24, 2.45) is 0 Å². The Morgan fingerprint density at radius 1 is 1.60 bits per heavy atom. The molecule has 1 aliphatic rings. The van der Waals surface area contributed by atoms with E-state index in [1.165, 1.54) is 12.3 Å². The van der Waals surface area contributed by atoms with Crippen LogP contribution < -0.4 is 0 Å². The van der Waals surface area contributed by atoms with Crippen molar-refractivity contribution < 1.29 is 14.6 Å². The number of hydrogen-bond donors (Lipinski definition) is 1. The maximum Gasteiger partial charge on any atom is 0.255 e. The molecule has 1 atom stereocenters. The molecule has 20 heavy (non-hydrogen) atoms. The van der Waals surface area contributed by atoms with Gasteiger partial charge in [-0.05, 0) is 19.9 Å².